The van der Waals surface area contributed by atoms with E-state index in [1.165, 1.54) is 26.0 Å². The Bertz CT molecular complexity index is 753. The van der Waals surface area contributed by atoms with Gasteiger partial charge in [0.05, 0.1) is 19.8 Å². The molecule has 3 aliphatic rings. The number of methoxy groups -OCH3 is 1. The highest BCUT2D eigenvalue weighted by Crippen LogP contribution is 2.38. The molecule has 8 heteroatoms. The fourth-order valence-electron chi connectivity index (χ4n) is 3.88. The molecular formula is C17H23ClN2O4S. The molecule has 3 atom stereocenters. The van der Waals surface area contributed by atoms with Crippen molar-refractivity contribution in [2.45, 2.75) is 42.3 Å². The molecule has 138 valence electrons. The molecule has 0 amide bonds. The third-order valence-corrected chi connectivity index (χ3v) is 7.11. The van der Waals surface area contributed by atoms with Crippen molar-refractivity contribution < 1.29 is 17.9 Å². The number of sulfonamides is 1. The molecule has 2 saturated heterocycles. The highest BCUT2D eigenvalue weighted by molar-refractivity contribution is 7.89. The molecule has 2 aliphatic heterocycles. The predicted octanol–water partition coefficient (Wildman–Crippen LogP) is 1.88. The Kier molecular flexibility index (Phi) is 4.70. The van der Waals surface area contributed by atoms with Crippen LogP contribution >= 0.6 is 11.6 Å². The number of fused-ring (bicyclic) bond motifs is 1. The van der Waals surface area contributed by atoms with Crippen molar-refractivity contribution in [2.24, 2.45) is 5.92 Å². The first-order chi connectivity index (χ1) is 12.0. The van der Waals surface area contributed by atoms with Crippen LogP contribution in [0.25, 0.3) is 0 Å². The van der Waals surface area contributed by atoms with E-state index in [0.717, 1.165) is 19.5 Å². The van der Waals surface area contributed by atoms with Gasteiger partial charge in [-0.1, -0.05) is 11.6 Å². The summed E-state index contributed by atoms with van der Waals surface area (Å²) in [5, 5.41) is 0.366. The molecule has 1 aliphatic carbocycles. The lowest BCUT2D eigenvalue weighted by Crippen LogP contribution is -2.47. The third-order valence-electron chi connectivity index (χ3n) is 5.33. The van der Waals surface area contributed by atoms with E-state index in [2.05, 4.69) is 9.62 Å². The molecule has 1 N–H and O–H groups in total. The summed E-state index contributed by atoms with van der Waals surface area (Å²) in [5.74, 6) is 0.997. The van der Waals surface area contributed by atoms with E-state index in [4.69, 9.17) is 21.1 Å². The number of rotatable bonds is 5. The Labute approximate surface area is 153 Å². The second-order valence-corrected chi connectivity index (χ2v) is 9.28. The van der Waals surface area contributed by atoms with Crippen LogP contribution in [0.1, 0.15) is 19.3 Å². The van der Waals surface area contributed by atoms with Gasteiger partial charge < -0.3 is 9.47 Å². The lowest BCUT2D eigenvalue weighted by atomic mass is 10.1. The van der Waals surface area contributed by atoms with Crippen LogP contribution in [0.5, 0.6) is 5.75 Å². The lowest BCUT2D eigenvalue weighted by molar-refractivity contribution is -0.0581. The standard InChI is InChI=1S/C17H23ClN2O4S/c1-23-15-5-4-12(18)6-17(15)25(21,22)19-13-7-14-10-24-16(11-2-3-11)9-20(14)8-13/h4-6,11,13-14,16,19H,2-3,7-10H2,1H3/t13-,14-,16+/m0/s1. The topological polar surface area (TPSA) is 67.9 Å². The Morgan fingerprint density at radius 1 is 1.32 bits per heavy atom. The minimum Gasteiger partial charge on any atom is -0.495 e. The van der Waals surface area contributed by atoms with Gasteiger partial charge in [-0.2, -0.15) is 0 Å². The zero-order valence-corrected chi connectivity index (χ0v) is 15.7. The molecule has 25 heavy (non-hydrogen) atoms. The van der Waals surface area contributed by atoms with E-state index < -0.39 is 10.0 Å². The molecule has 0 spiro atoms. The Balaban J connectivity index is 1.46. The van der Waals surface area contributed by atoms with Crippen molar-refractivity contribution in [3.8, 4) is 5.75 Å². The van der Waals surface area contributed by atoms with Crippen molar-refractivity contribution in [1.82, 2.24) is 9.62 Å². The molecule has 2 heterocycles. The summed E-state index contributed by atoms with van der Waals surface area (Å²) in [6, 6.07) is 4.79. The van der Waals surface area contributed by atoms with Crippen molar-refractivity contribution >= 4 is 21.6 Å². The fraction of sp³-hybridized carbons (Fsp3) is 0.647. The van der Waals surface area contributed by atoms with Gasteiger partial charge in [-0.3, -0.25) is 4.90 Å². The molecule has 1 aromatic rings. The number of nitrogens with one attached hydrogen (secondary N) is 1. The summed E-state index contributed by atoms with van der Waals surface area (Å²) in [6.07, 6.45) is 3.60. The van der Waals surface area contributed by atoms with Gasteiger partial charge in [-0.15, -0.1) is 0 Å². The van der Waals surface area contributed by atoms with Crippen molar-refractivity contribution in [2.75, 3.05) is 26.8 Å². The van der Waals surface area contributed by atoms with Gasteiger partial charge in [0.1, 0.15) is 10.6 Å². The van der Waals surface area contributed by atoms with Crippen LogP contribution in [0.3, 0.4) is 0 Å². The maximum absolute atomic E-state index is 12.8. The zero-order valence-electron chi connectivity index (χ0n) is 14.2. The fourth-order valence-corrected chi connectivity index (χ4v) is 5.55. The summed E-state index contributed by atoms with van der Waals surface area (Å²) in [6.45, 7) is 2.33. The van der Waals surface area contributed by atoms with Crippen LogP contribution < -0.4 is 9.46 Å². The van der Waals surface area contributed by atoms with Gasteiger partial charge in [0.15, 0.2) is 0 Å². The number of ether oxygens (including phenoxy) is 2. The largest absolute Gasteiger partial charge is 0.495 e. The number of morpholine rings is 1. The monoisotopic (exact) mass is 386 g/mol. The van der Waals surface area contributed by atoms with Gasteiger partial charge in [-0.25, -0.2) is 13.1 Å². The minimum atomic E-state index is -3.70. The molecule has 4 rings (SSSR count). The summed E-state index contributed by atoms with van der Waals surface area (Å²) in [7, 11) is -2.24. The Morgan fingerprint density at radius 2 is 2.12 bits per heavy atom. The first-order valence-corrected chi connectivity index (χ1v) is 10.5. The van der Waals surface area contributed by atoms with Crippen LogP contribution in [0, 0.1) is 5.92 Å². The average molecular weight is 387 g/mol. The SMILES string of the molecule is COc1ccc(Cl)cc1S(=O)(=O)N[C@H]1C[C@H]2CO[C@@H](C3CC3)CN2C1. The van der Waals surface area contributed by atoms with E-state index in [0.29, 0.717) is 35.4 Å². The number of nitrogens with zero attached hydrogens (tertiary/aromatic N) is 1. The number of halogens is 1. The van der Waals surface area contributed by atoms with E-state index in [1.807, 2.05) is 0 Å². The maximum Gasteiger partial charge on any atom is 0.244 e. The minimum absolute atomic E-state index is 0.0829. The van der Waals surface area contributed by atoms with Gasteiger partial charge in [-0.05, 0) is 43.4 Å². The first-order valence-electron chi connectivity index (χ1n) is 8.68. The molecule has 0 unspecified atom stereocenters. The Morgan fingerprint density at radius 3 is 2.84 bits per heavy atom. The number of benzene rings is 1. The van der Waals surface area contributed by atoms with E-state index in [-0.39, 0.29) is 10.9 Å². The van der Waals surface area contributed by atoms with Crippen molar-refractivity contribution in [3.63, 3.8) is 0 Å². The van der Waals surface area contributed by atoms with Crippen molar-refractivity contribution in [3.05, 3.63) is 23.2 Å². The molecule has 3 fully saturated rings. The predicted molar refractivity (Wildman–Crippen MR) is 94.6 cm³/mol. The van der Waals surface area contributed by atoms with Gasteiger partial charge >= 0.3 is 0 Å². The molecule has 0 radical (unpaired) electrons. The molecule has 0 bridgehead atoms. The van der Waals surface area contributed by atoms with Gasteiger partial charge in [0, 0.05) is 30.2 Å². The second-order valence-electron chi connectivity index (χ2n) is 7.17. The Hall–Kier alpha value is -0.860. The van der Waals surface area contributed by atoms with Gasteiger partial charge in [0.25, 0.3) is 0 Å². The summed E-state index contributed by atoms with van der Waals surface area (Å²) < 4.78 is 39.6. The van der Waals surface area contributed by atoms with E-state index in [9.17, 15) is 8.42 Å². The normalized spacial score (nSPS) is 30.2. The van der Waals surface area contributed by atoms with Crippen LogP contribution in [0.15, 0.2) is 23.1 Å². The summed E-state index contributed by atoms with van der Waals surface area (Å²) in [4.78, 5) is 2.45. The number of hydrogen-bond acceptors (Lipinski definition) is 5. The van der Waals surface area contributed by atoms with Gasteiger partial charge in [0.2, 0.25) is 10.0 Å². The molecule has 1 aromatic carbocycles. The van der Waals surface area contributed by atoms with Crippen LogP contribution in [0.4, 0.5) is 0 Å². The highest BCUT2D eigenvalue weighted by Gasteiger charge is 2.43. The molecule has 0 aromatic heterocycles. The molecule has 1 saturated carbocycles. The van der Waals surface area contributed by atoms with Crippen LogP contribution in [0.2, 0.25) is 5.02 Å². The third kappa shape index (κ3) is 3.66. The second kappa shape index (κ2) is 6.70. The lowest BCUT2D eigenvalue weighted by Gasteiger charge is -2.35. The van der Waals surface area contributed by atoms with Crippen LogP contribution in [-0.4, -0.2) is 58.3 Å². The van der Waals surface area contributed by atoms with E-state index in [1.54, 1.807) is 12.1 Å². The summed E-state index contributed by atoms with van der Waals surface area (Å²) in [5.41, 5.74) is 0. The molecule has 6 nitrogen and oxygen atoms in total. The average Bonchev–Trinajstić information content (AvgIpc) is 3.35. The molecular weight excluding hydrogens is 364 g/mol. The summed E-state index contributed by atoms with van der Waals surface area (Å²) >= 11 is 5.98. The maximum atomic E-state index is 12.8. The van der Waals surface area contributed by atoms with Crippen molar-refractivity contribution in [1.29, 1.82) is 0 Å². The highest BCUT2D eigenvalue weighted by atomic mass is 35.5. The smallest absolute Gasteiger partial charge is 0.244 e. The van der Waals surface area contributed by atoms with E-state index >= 15 is 0 Å². The number of hydrogen-bond donors (Lipinski definition) is 1. The van der Waals surface area contributed by atoms with Crippen LogP contribution in [-0.2, 0) is 14.8 Å². The zero-order chi connectivity index (χ0) is 17.6. The quantitative estimate of drug-likeness (QED) is 0.836. The first kappa shape index (κ1) is 17.5.